The van der Waals surface area contributed by atoms with Gasteiger partial charge in [-0.25, -0.2) is 9.48 Å². The second-order valence-corrected chi connectivity index (χ2v) is 4.46. The van der Waals surface area contributed by atoms with Crippen molar-refractivity contribution in [1.29, 1.82) is 0 Å². The van der Waals surface area contributed by atoms with Crippen LogP contribution in [0.2, 0.25) is 0 Å². The average molecular weight is 223 g/mol. The molecule has 0 saturated heterocycles. The molecule has 88 valence electrons. The minimum absolute atomic E-state index is 0.144. The summed E-state index contributed by atoms with van der Waals surface area (Å²) in [6, 6.07) is 0.219. The van der Waals surface area contributed by atoms with Gasteiger partial charge in [-0.3, -0.25) is 0 Å². The molecule has 16 heavy (non-hydrogen) atoms. The molecule has 0 aliphatic heterocycles. The van der Waals surface area contributed by atoms with Gasteiger partial charge in [-0.2, -0.15) is 0 Å². The molecule has 0 amide bonds. The predicted octanol–water partition coefficient (Wildman–Crippen LogP) is 2.21. The van der Waals surface area contributed by atoms with E-state index in [1.54, 1.807) is 4.68 Å². The second-order valence-electron chi connectivity index (χ2n) is 4.46. The Bertz CT molecular complexity index is 396. The van der Waals surface area contributed by atoms with Gasteiger partial charge in [0.2, 0.25) is 0 Å². The van der Waals surface area contributed by atoms with Gasteiger partial charge in [0.1, 0.15) is 0 Å². The lowest BCUT2D eigenvalue weighted by atomic mass is 9.82. The molecule has 0 radical (unpaired) electrons. The van der Waals surface area contributed by atoms with Crippen molar-refractivity contribution < 1.29 is 9.90 Å². The standard InChI is InChI=1S/C11H17N3O2/c1-3-7(2)14-10(8-5-4-6-8)9(11(15)16)12-13-14/h7-8H,3-6H2,1-2H3,(H,15,16). The Morgan fingerprint density at radius 1 is 1.62 bits per heavy atom. The van der Waals surface area contributed by atoms with Crippen molar-refractivity contribution in [2.45, 2.75) is 51.5 Å². The third-order valence-electron chi connectivity index (χ3n) is 3.43. The number of hydrogen-bond acceptors (Lipinski definition) is 3. The van der Waals surface area contributed by atoms with Crippen LogP contribution >= 0.6 is 0 Å². The van der Waals surface area contributed by atoms with Gasteiger partial charge in [0.25, 0.3) is 0 Å². The summed E-state index contributed by atoms with van der Waals surface area (Å²) in [5, 5.41) is 16.9. The second kappa shape index (κ2) is 4.23. The normalized spacial score (nSPS) is 18.1. The topological polar surface area (TPSA) is 68.0 Å². The number of hydrogen-bond donors (Lipinski definition) is 1. The smallest absolute Gasteiger partial charge is 0.358 e. The molecule has 1 aromatic heterocycles. The highest BCUT2D eigenvalue weighted by atomic mass is 16.4. The van der Waals surface area contributed by atoms with Crippen LogP contribution in [-0.4, -0.2) is 26.1 Å². The number of carboxylic acid groups (broad SMARTS) is 1. The number of carbonyl (C=O) groups is 1. The Labute approximate surface area is 94.5 Å². The van der Waals surface area contributed by atoms with Crippen molar-refractivity contribution in [2.75, 3.05) is 0 Å². The van der Waals surface area contributed by atoms with Gasteiger partial charge in [0.15, 0.2) is 5.69 Å². The lowest BCUT2D eigenvalue weighted by molar-refractivity contribution is 0.0687. The average Bonchev–Trinajstić information content (AvgIpc) is 2.58. The first-order chi connectivity index (χ1) is 7.65. The Morgan fingerprint density at radius 3 is 2.75 bits per heavy atom. The third-order valence-corrected chi connectivity index (χ3v) is 3.43. The van der Waals surface area contributed by atoms with Gasteiger partial charge >= 0.3 is 5.97 Å². The monoisotopic (exact) mass is 223 g/mol. The Hall–Kier alpha value is -1.39. The number of aromatic nitrogens is 3. The molecular weight excluding hydrogens is 206 g/mol. The van der Waals surface area contributed by atoms with E-state index < -0.39 is 5.97 Å². The fourth-order valence-corrected chi connectivity index (χ4v) is 2.01. The quantitative estimate of drug-likeness (QED) is 0.849. The lowest BCUT2D eigenvalue weighted by Gasteiger charge is -2.27. The zero-order valence-electron chi connectivity index (χ0n) is 9.68. The van der Waals surface area contributed by atoms with Gasteiger partial charge in [-0.1, -0.05) is 18.6 Å². The molecule has 1 heterocycles. The molecule has 1 aliphatic carbocycles. The molecule has 1 unspecified atom stereocenters. The maximum absolute atomic E-state index is 11.1. The molecular formula is C11H17N3O2. The minimum Gasteiger partial charge on any atom is -0.476 e. The van der Waals surface area contributed by atoms with Crippen molar-refractivity contribution in [3.8, 4) is 0 Å². The summed E-state index contributed by atoms with van der Waals surface area (Å²) in [5.74, 6) is -0.619. The van der Waals surface area contributed by atoms with Gasteiger partial charge in [-0.05, 0) is 26.2 Å². The van der Waals surface area contributed by atoms with Crippen LogP contribution in [0.25, 0.3) is 0 Å². The van der Waals surface area contributed by atoms with Crippen molar-refractivity contribution >= 4 is 5.97 Å². The SMILES string of the molecule is CCC(C)n1nnc(C(=O)O)c1C1CCC1. The van der Waals surface area contributed by atoms with Gasteiger partial charge in [0, 0.05) is 5.92 Å². The molecule has 5 heteroatoms. The van der Waals surface area contributed by atoms with E-state index >= 15 is 0 Å². The molecule has 1 N–H and O–H groups in total. The van der Waals surface area contributed by atoms with Crippen LogP contribution < -0.4 is 0 Å². The van der Waals surface area contributed by atoms with Crippen LogP contribution in [0.1, 0.15) is 67.7 Å². The summed E-state index contributed by atoms with van der Waals surface area (Å²) in [7, 11) is 0. The molecule has 0 aromatic carbocycles. The van der Waals surface area contributed by atoms with E-state index in [2.05, 4.69) is 17.2 Å². The number of aromatic carboxylic acids is 1. The van der Waals surface area contributed by atoms with Crippen molar-refractivity contribution in [2.24, 2.45) is 0 Å². The van der Waals surface area contributed by atoms with Crippen LogP contribution in [0.3, 0.4) is 0 Å². The van der Waals surface area contributed by atoms with E-state index in [1.165, 1.54) is 6.42 Å². The summed E-state index contributed by atoms with van der Waals surface area (Å²) in [6.45, 7) is 4.11. The molecule has 2 rings (SSSR count). The zero-order valence-corrected chi connectivity index (χ0v) is 9.68. The Kier molecular flexibility index (Phi) is 2.94. The minimum atomic E-state index is -0.962. The molecule has 1 saturated carbocycles. The summed E-state index contributed by atoms with van der Waals surface area (Å²) < 4.78 is 1.80. The highest BCUT2D eigenvalue weighted by Crippen LogP contribution is 2.38. The van der Waals surface area contributed by atoms with E-state index in [1.807, 2.05) is 6.92 Å². The van der Waals surface area contributed by atoms with Gasteiger partial charge in [-0.15, -0.1) is 5.10 Å². The highest BCUT2D eigenvalue weighted by molar-refractivity contribution is 5.86. The maximum atomic E-state index is 11.1. The van der Waals surface area contributed by atoms with Crippen molar-refractivity contribution in [3.63, 3.8) is 0 Å². The van der Waals surface area contributed by atoms with Crippen LogP contribution in [-0.2, 0) is 0 Å². The van der Waals surface area contributed by atoms with Gasteiger partial charge in [0.05, 0.1) is 11.7 Å². The van der Waals surface area contributed by atoms with Crippen molar-refractivity contribution in [3.05, 3.63) is 11.4 Å². The fraction of sp³-hybridized carbons (Fsp3) is 0.727. The summed E-state index contributed by atoms with van der Waals surface area (Å²) >= 11 is 0. The molecule has 0 spiro atoms. The van der Waals surface area contributed by atoms with Crippen LogP contribution in [0.4, 0.5) is 0 Å². The van der Waals surface area contributed by atoms with Crippen LogP contribution in [0.5, 0.6) is 0 Å². The number of nitrogens with zero attached hydrogens (tertiary/aromatic N) is 3. The summed E-state index contributed by atoms with van der Waals surface area (Å²) in [4.78, 5) is 11.1. The largest absolute Gasteiger partial charge is 0.476 e. The molecule has 0 bridgehead atoms. The third kappa shape index (κ3) is 1.70. The van der Waals surface area contributed by atoms with E-state index in [-0.39, 0.29) is 11.7 Å². The maximum Gasteiger partial charge on any atom is 0.358 e. The van der Waals surface area contributed by atoms with E-state index in [9.17, 15) is 4.79 Å². The molecule has 1 aromatic rings. The summed E-state index contributed by atoms with van der Waals surface area (Å²) in [5.41, 5.74) is 0.970. The van der Waals surface area contributed by atoms with E-state index in [0.29, 0.717) is 5.92 Å². The number of carboxylic acids is 1. The van der Waals surface area contributed by atoms with Gasteiger partial charge < -0.3 is 5.11 Å². The van der Waals surface area contributed by atoms with Crippen molar-refractivity contribution in [1.82, 2.24) is 15.0 Å². The first-order valence-electron chi connectivity index (χ1n) is 5.83. The first-order valence-corrected chi connectivity index (χ1v) is 5.83. The molecule has 5 nitrogen and oxygen atoms in total. The zero-order chi connectivity index (χ0) is 11.7. The lowest BCUT2D eigenvalue weighted by Crippen LogP contribution is -2.20. The molecule has 1 atom stereocenters. The molecule has 1 aliphatic rings. The predicted molar refractivity (Wildman–Crippen MR) is 58.6 cm³/mol. The number of rotatable bonds is 4. The Morgan fingerprint density at radius 2 is 2.31 bits per heavy atom. The molecule has 1 fully saturated rings. The summed E-state index contributed by atoms with van der Waals surface area (Å²) in [6.07, 6.45) is 4.23. The van der Waals surface area contributed by atoms with Crippen LogP contribution in [0.15, 0.2) is 0 Å². The van der Waals surface area contributed by atoms with E-state index in [4.69, 9.17) is 5.11 Å². The Balaban J connectivity index is 2.40. The van der Waals surface area contributed by atoms with Crippen LogP contribution in [0, 0.1) is 0 Å². The first kappa shape index (κ1) is 11.1. The van der Waals surface area contributed by atoms with E-state index in [0.717, 1.165) is 25.0 Å². The highest BCUT2D eigenvalue weighted by Gasteiger charge is 2.31. The fourth-order valence-electron chi connectivity index (χ4n) is 2.01.